The number of ether oxygens (including phenoxy) is 5. The van der Waals surface area contributed by atoms with Crippen molar-refractivity contribution in [3.8, 4) is 34.1 Å². The molecule has 1 amide bonds. The molecule has 0 spiro atoms. The van der Waals surface area contributed by atoms with Crippen molar-refractivity contribution < 1.29 is 48.9 Å². The molecule has 5 N–H and O–H groups in total. The van der Waals surface area contributed by atoms with E-state index in [1.165, 1.54) is 34.3 Å². The highest BCUT2D eigenvalue weighted by Gasteiger charge is 2.45. The Bertz CT molecular complexity index is 1280. The average Bonchev–Trinajstić information content (AvgIpc) is 3.16. The van der Waals surface area contributed by atoms with Gasteiger partial charge in [0.25, 0.3) is 0 Å². The van der Waals surface area contributed by atoms with E-state index in [4.69, 9.17) is 23.7 Å². The molecule has 0 bridgehead atoms. The van der Waals surface area contributed by atoms with Crippen LogP contribution in [0.15, 0.2) is 29.1 Å². The number of aryl methyl sites for hydroxylation is 1. The minimum Gasteiger partial charge on any atom is -0.493 e. The summed E-state index contributed by atoms with van der Waals surface area (Å²) in [7, 11) is 4.23. The number of hydrogen-bond acceptors (Lipinski definition) is 11. The summed E-state index contributed by atoms with van der Waals surface area (Å²) in [6.07, 6.45) is -6.56. The third-order valence-corrected chi connectivity index (χ3v) is 6.97. The smallest absolute Gasteiger partial charge is 0.229 e. The van der Waals surface area contributed by atoms with Crippen molar-refractivity contribution in [2.75, 3.05) is 27.9 Å². The molecule has 1 saturated heterocycles. The van der Waals surface area contributed by atoms with E-state index in [1.807, 2.05) is 0 Å². The number of hydrogen-bond donors (Lipinski definition) is 5. The van der Waals surface area contributed by atoms with E-state index >= 15 is 0 Å². The van der Waals surface area contributed by atoms with Gasteiger partial charge >= 0.3 is 0 Å². The number of nitrogens with one attached hydrogen (secondary N) is 1. The molecule has 1 fully saturated rings. The van der Waals surface area contributed by atoms with Crippen molar-refractivity contribution in [2.45, 2.75) is 56.5 Å². The van der Waals surface area contributed by atoms with Crippen molar-refractivity contribution in [3.05, 3.63) is 45.6 Å². The monoisotopic (exact) mass is 547 g/mol. The summed E-state index contributed by atoms with van der Waals surface area (Å²) >= 11 is 0. The maximum atomic E-state index is 12.9. The second kappa shape index (κ2) is 11.8. The average molecular weight is 548 g/mol. The number of carbonyl (C=O) groups is 1. The van der Waals surface area contributed by atoms with Crippen LogP contribution in [0.4, 0.5) is 0 Å². The number of rotatable bonds is 7. The molecule has 6 atom stereocenters. The third kappa shape index (κ3) is 5.38. The topological polar surface area (TPSA) is 173 Å². The second-order valence-electron chi connectivity index (χ2n) is 9.36. The predicted molar refractivity (Wildman–Crippen MR) is 137 cm³/mol. The Morgan fingerprint density at radius 1 is 1.00 bits per heavy atom. The zero-order chi connectivity index (χ0) is 28.4. The lowest BCUT2D eigenvalue weighted by Gasteiger charge is -2.39. The van der Waals surface area contributed by atoms with Gasteiger partial charge in [-0.15, -0.1) is 0 Å². The van der Waals surface area contributed by atoms with Gasteiger partial charge in [-0.2, -0.15) is 0 Å². The Hall–Kier alpha value is -3.42. The zero-order valence-corrected chi connectivity index (χ0v) is 22.0. The van der Waals surface area contributed by atoms with Crippen LogP contribution >= 0.6 is 0 Å². The van der Waals surface area contributed by atoms with Gasteiger partial charge in [0.15, 0.2) is 17.2 Å². The minimum absolute atomic E-state index is 0.111. The summed E-state index contributed by atoms with van der Waals surface area (Å²) < 4.78 is 28.1. The highest BCUT2D eigenvalue weighted by molar-refractivity contribution is 5.83. The van der Waals surface area contributed by atoms with Gasteiger partial charge in [0.1, 0.15) is 24.4 Å². The highest BCUT2D eigenvalue weighted by Crippen LogP contribution is 2.50. The first kappa shape index (κ1) is 28.6. The molecule has 2 aromatic carbocycles. The number of methoxy groups -OCH3 is 3. The molecule has 2 aliphatic rings. The first-order valence-electron chi connectivity index (χ1n) is 12.4. The molecule has 2 aromatic rings. The van der Waals surface area contributed by atoms with Gasteiger partial charge in [0, 0.05) is 12.5 Å². The van der Waals surface area contributed by atoms with Crippen molar-refractivity contribution >= 4 is 5.91 Å². The fourth-order valence-corrected chi connectivity index (χ4v) is 5.09. The molecule has 0 aromatic heterocycles. The molecule has 12 nitrogen and oxygen atoms in total. The number of carbonyl (C=O) groups excluding carboxylic acids is 1. The summed E-state index contributed by atoms with van der Waals surface area (Å²) in [5.74, 6) is 0.368. The Balaban J connectivity index is 1.89. The van der Waals surface area contributed by atoms with Crippen molar-refractivity contribution in [3.63, 3.8) is 0 Å². The van der Waals surface area contributed by atoms with Gasteiger partial charge in [-0.1, -0.05) is 6.07 Å². The summed E-state index contributed by atoms with van der Waals surface area (Å²) in [4.78, 5) is 24.9. The fourth-order valence-electron chi connectivity index (χ4n) is 5.09. The lowest BCUT2D eigenvalue weighted by Crippen LogP contribution is -2.60. The van der Waals surface area contributed by atoms with E-state index in [-0.39, 0.29) is 34.3 Å². The van der Waals surface area contributed by atoms with Gasteiger partial charge in [-0.25, -0.2) is 0 Å². The van der Waals surface area contributed by atoms with Gasteiger partial charge < -0.3 is 49.4 Å². The van der Waals surface area contributed by atoms with Crippen LogP contribution in [0, 0.1) is 0 Å². The Morgan fingerprint density at radius 2 is 1.72 bits per heavy atom. The van der Waals surface area contributed by atoms with E-state index in [9.17, 15) is 30.0 Å². The summed E-state index contributed by atoms with van der Waals surface area (Å²) in [5.41, 5.74) is 2.15. The third-order valence-electron chi connectivity index (χ3n) is 6.97. The van der Waals surface area contributed by atoms with Crippen LogP contribution in [0.5, 0.6) is 23.0 Å². The molecule has 4 rings (SSSR count). The summed E-state index contributed by atoms with van der Waals surface area (Å²) in [6.45, 7) is 0.786. The van der Waals surface area contributed by atoms with Crippen molar-refractivity contribution in [1.82, 2.24) is 5.32 Å². The van der Waals surface area contributed by atoms with E-state index in [1.54, 1.807) is 18.2 Å². The lowest BCUT2D eigenvalue weighted by molar-refractivity contribution is -0.277. The molecule has 1 aliphatic carbocycles. The molecule has 1 unspecified atom stereocenters. The first-order valence-corrected chi connectivity index (χ1v) is 12.4. The second-order valence-corrected chi connectivity index (χ2v) is 9.36. The number of fused-ring (bicyclic) bond motifs is 3. The molecule has 212 valence electrons. The number of aliphatic hydroxyl groups excluding tert-OH is 4. The number of amides is 1. The SMILES string of the molecule is COc1c(O[C@@H]2O[C@H](CO)[C@@H](O)[C@@H](O)[C@H]2O)cc2c(c1OC)-c1ccc(OC)c(=O)cc1C(NC(C)=O)CC2. The van der Waals surface area contributed by atoms with E-state index in [0.717, 1.165) is 5.56 Å². The van der Waals surface area contributed by atoms with Crippen LogP contribution in [0.2, 0.25) is 0 Å². The van der Waals surface area contributed by atoms with E-state index in [0.29, 0.717) is 29.5 Å². The molecular formula is C27H33NO11. The van der Waals surface area contributed by atoms with Gasteiger partial charge in [0.05, 0.1) is 34.0 Å². The maximum Gasteiger partial charge on any atom is 0.229 e. The standard InChI is InChI=1S/C27H33NO11/c1-12(30)28-16-7-5-13-9-19(38-27-24(34)23(33)22(32)20(11-29)39-27)25(36-3)26(37-4)21(13)14-6-8-18(35-2)17(31)10-15(14)16/h6,8-10,16,20,22-24,27,29,32-34H,5,7,11H2,1-4H3,(H,28,30)/t16?,20-,22-,23-,24-,27-/m1/s1. The summed E-state index contributed by atoms with van der Waals surface area (Å²) in [5, 5.41) is 43.3. The van der Waals surface area contributed by atoms with Crippen LogP contribution in [0.25, 0.3) is 11.1 Å². The molecule has 0 radical (unpaired) electrons. The normalized spacial score (nSPS) is 25.9. The van der Waals surface area contributed by atoms with Crippen molar-refractivity contribution in [2.24, 2.45) is 0 Å². The molecule has 12 heteroatoms. The van der Waals surface area contributed by atoms with Gasteiger partial charge in [-0.05, 0) is 47.7 Å². The number of aliphatic hydroxyl groups is 4. The molecule has 1 heterocycles. The fraction of sp³-hybridized carbons (Fsp3) is 0.481. The molecule has 0 saturated carbocycles. The minimum atomic E-state index is -1.64. The quantitative estimate of drug-likeness (QED) is 0.317. The van der Waals surface area contributed by atoms with Crippen LogP contribution < -0.4 is 29.7 Å². The van der Waals surface area contributed by atoms with Crippen LogP contribution in [0.1, 0.15) is 30.5 Å². The van der Waals surface area contributed by atoms with Gasteiger partial charge in [0.2, 0.25) is 23.4 Å². The Labute approximate surface area is 224 Å². The van der Waals surface area contributed by atoms with Crippen LogP contribution in [-0.4, -0.2) is 85.0 Å². The van der Waals surface area contributed by atoms with E-state index < -0.39 is 43.4 Å². The van der Waals surface area contributed by atoms with Crippen LogP contribution in [-0.2, 0) is 16.0 Å². The first-order chi connectivity index (χ1) is 18.6. The molecule has 39 heavy (non-hydrogen) atoms. The Kier molecular flexibility index (Phi) is 8.62. The van der Waals surface area contributed by atoms with Crippen LogP contribution in [0.3, 0.4) is 0 Å². The van der Waals surface area contributed by atoms with Gasteiger partial charge in [-0.3, -0.25) is 9.59 Å². The highest BCUT2D eigenvalue weighted by atomic mass is 16.7. The zero-order valence-electron chi connectivity index (χ0n) is 22.0. The number of benzene rings is 1. The molecule has 1 aliphatic heterocycles. The maximum absolute atomic E-state index is 12.9. The van der Waals surface area contributed by atoms with E-state index in [2.05, 4.69) is 5.32 Å². The summed E-state index contributed by atoms with van der Waals surface area (Å²) in [6, 6.07) is 5.87. The molecular weight excluding hydrogens is 514 g/mol. The lowest BCUT2D eigenvalue weighted by atomic mass is 9.95. The van der Waals surface area contributed by atoms with Crippen molar-refractivity contribution in [1.29, 1.82) is 0 Å². The predicted octanol–water partition coefficient (Wildman–Crippen LogP) is 0.0417. The largest absolute Gasteiger partial charge is 0.493 e. The Morgan fingerprint density at radius 3 is 2.33 bits per heavy atom.